The number of amides is 1. The molecule has 1 aliphatic rings. The zero-order valence-electron chi connectivity index (χ0n) is 13.5. The quantitative estimate of drug-likeness (QED) is 0.717. The van der Waals surface area contributed by atoms with E-state index in [9.17, 15) is 13.2 Å². The second-order valence-corrected chi connectivity index (χ2v) is 10.4. The number of sulfone groups is 1. The van der Waals surface area contributed by atoms with Gasteiger partial charge in [-0.15, -0.1) is 11.3 Å². The maximum Gasteiger partial charge on any atom is 0.233 e. The number of carbonyl (C=O) groups is 1. The van der Waals surface area contributed by atoms with Crippen LogP contribution in [0.3, 0.4) is 0 Å². The molecule has 0 unspecified atom stereocenters. The number of rotatable bonds is 6. The van der Waals surface area contributed by atoms with E-state index in [1.165, 1.54) is 11.8 Å². The van der Waals surface area contributed by atoms with E-state index in [1.54, 1.807) is 16.2 Å². The summed E-state index contributed by atoms with van der Waals surface area (Å²) in [6.45, 7) is 2.61. The summed E-state index contributed by atoms with van der Waals surface area (Å²) in [6, 6.07) is 7.74. The molecule has 1 amide bonds. The van der Waals surface area contributed by atoms with Gasteiger partial charge in [0, 0.05) is 12.6 Å². The van der Waals surface area contributed by atoms with Crippen molar-refractivity contribution in [1.29, 1.82) is 0 Å². The molecule has 1 atom stereocenters. The Morgan fingerprint density at radius 1 is 1.42 bits per heavy atom. The second-order valence-electron chi connectivity index (χ2n) is 5.88. The number of para-hydroxylation sites is 1. The molecule has 0 spiro atoms. The Morgan fingerprint density at radius 3 is 2.88 bits per heavy atom. The van der Waals surface area contributed by atoms with Gasteiger partial charge in [-0.1, -0.05) is 30.8 Å². The summed E-state index contributed by atoms with van der Waals surface area (Å²) < 4.78 is 25.4. The lowest BCUT2D eigenvalue weighted by atomic mass is 10.2. The average molecular weight is 385 g/mol. The molecule has 0 saturated carbocycles. The number of thioether (sulfide) groups is 1. The summed E-state index contributed by atoms with van der Waals surface area (Å²) in [4.78, 5) is 18.9. The largest absolute Gasteiger partial charge is 0.338 e. The zero-order valence-corrected chi connectivity index (χ0v) is 15.9. The van der Waals surface area contributed by atoms with Crippen LogP contribution in [-0.2, 0) is 14.6 Å². The Hall–Kier alpha value is -1.12. The van der Waals surface area contributed by atoms with Gasteiger partial charge >= 0.3 is 0 Å². The Morgan fingerprint density at radius 2 is 2.21 bits per heavy atom. The summed E-state index contributed by atoms with van der Waals surface area (Å²) in [5.74, 6) is 0.597. The molecule has 2 aromatic rings. The number of hydrogen-bond acceptors (Lipinski definition) is 6. The fraction of sp³-hybridized carbons (Fsp3) is 0.500. The van der Waals surface area contributed by atoms with Crippen LogP contribution in [0, 0.1) is 0 Å². The molecule has 0 N–H and O–H groups in total. The third kappa shape index (κ3) is 4.10. The highest BCUT2D eigenvalue weighted by Gasteiger charge is 2.34. The van der Waals surface area contributed by atoms with E-state index in [0.29, 0.717) is 18.7 Å². The molecule has 3 rings (SSSR count). The summed E-state index contributed by atoms with van der Waals surface area (Å²) in [6.07, 6.45) is 1.38. The Labute approximate surface area is 150 Å². The molecule has 2 heterocycles. The smallest absolute Gasteiger partial charge is 0.233 e. The molecule has 1 aliphatic heterocycles. The molecule has 1 saturated heterocycles. The first-order chi connectivity index (χ1) is 11.5. The van der Waals surface area contributed by atoms with Crippen molar-refractivity contribution in [3.63, 3.8) is 0 Å². The first-order valence-electron chi connectivity index (χ1n) is 7.97. The van der Waals surface area contributed by atoms with Crippen LogP contribution in [0.2, 0.25) is 0 Å². The summed E-state index contributed by atoms with van der Waals surface area (Å²) >= 11 is 3.02. The number of carbonyl (C=O) groups excluding carboxylic acids is 1. The third-order valence-electron chi connectivity index (χ3n) is 4.03. The van der Waals surface area contributed by atoms with Crippen LogP contribution in [0.15, 0.2) is 28.6 Å². The Kier molecular flexibility index (Phi) is 5.46. The van der Waals surface area contributed by atoms with E-state index in [0.717, 1.165) is 21.0 Å². The van der Waals surface area contributed by atoms with Crippen molar-refractivity contribution in [2.24, 2.45) is 0 Å². The minimum absolute atomic E-state index is 0.00297. The average Bonchev–Trinajstić information content (AvgIpc) is 3.12. The third-order valence-corrected chi connectivity index (χ3v) is 7.94. The maximum absolute atomic E-state index is 12.6. The molecule has 24 heavy (non-hydrogen) atoms. The molecule has 1 aromatic carbocycles. The summed E-state index contributed by atoms with van der Waals surface area (Å²) in [7, 11) is -2.99. The van der Waals surface area contributed by atoms with Crippen molar-refractivity contribution in [2.45, 2.75) is 30.1 Å². The van der Waals surface area contributed by atoms with Gasteiger partial charge in [0.05, 0.1) is 27.5 Å². The second kappa shape index (κ2) is 7.41. The van der Waals surface area contributed by atoms with Gasteiger partial charge in [-0.3, -0.25) is 4.79 Å². The number of thiazole rings is 1. The van der Waals surface area contributed by atoms with Gasteiger partial charge in [0.2, 0.25) is 5.91 Å². The minimum Gasteiger partial charge on any atom is -0.338 e. The van der Waals surface area contributed by atoms with E-state index < -0.39 is 9.84 Å². The fourth-order valence-corrected chi connectivity index (χ4v) is 6.58. The molecule has 8 heteroatoms. The van der Waals surface area contributed by atoms with Crippen molar-refractivity contribution in [3.8, 4) is 0 Å². The molecule has 1 aromatic heterocycles. The van der Waals surface area contributed by atoms with Crippen LogP contribution < -0.4 is 0 Å². The highest BCUT2D eigenvalue weighted by atomic mass is 32.2. The normalized spacial score (nSPS) is 19.6. The maximum atomic E-state index is 12.6. The molecule has 0 aliphatic carbocycles. The van der Waals surface area contributed by atoms with E-state index >= 15 is 0 Å². The predicted octanol–water partition coefficient (Wildman–Crippen LogP) is 2.81. The van der Waals surface area contributed by atoms with Crippen molar-refractivity contribution >= 4 is 49.1 Å². The van der Waals surface area contributed by atoms with Crippen molar-refractivity contribution in [1.82, 2.24) is 9.88 Å². The molecular formula is C16H20N2O3S3. The molecule has 130 valence electrons. The highest BCUT2D eigenvalue weighted by Crippen LogP contribution is 2.30. The number of hydrogen-bond donors (Lipinski definition) is 0. The van der Waals surface area contributed by atoms with Gasteiger partial charge in [0.25, 0.3) is 0 Å². The van der Waals surface area contributed by atoms with Crippen molar-refractivity contribution in [3.05, 3.63) is 24.3 Å². The first-order valence-corrected chi connectivity index (χ1v) is 11.6. The molecule has 0 bridgehead atoms. The van der Waals surface area contributed by atoms with Crippen LogP contribution in [0.25, 0.3) is 10.2 Å². The van der Waals surface area contributed by atoms with Gasteiger partial charge in [0.15, 0.2) is 14.2 Å². The van der Waals surface area contributed by atoms with E-state index in [4.69, 9.17) is 0 Å². The van der Waals surface area contributed by atoms with Crippen molar-refractivity contribution < 1.29 is 13.2 Å². The fourth-order valence-electron chi connectivity index (χ4n) is 2.89. The standard InChI is InChI=1S/C16H20N2O3S3/c1-2-8-18(12-7-9-24(20,21)11-12)15(19)10-22-16-17-13-5-3-4-6-14(13)23-16/h3-6,12H,2,7-11H2,1H3/t12-/m1/s1. The van der Waals surface area contributed by atoms with E-state index in [1.807, 2.05) is 31.2 Å². The molecule has 0 radical (unpaired) electrons. The Bertz CT molecular complexity index is 799. The van der Waals surface area contributed by atoms with Crippen LogP contribution >= 0.6 is 23.1 Å². The van der Waals surface area contributed by atoms with Crippen LogP contribution in [0.5, 0.6) is 0 Å². The van der Waals surface area contributed by atoms with Gasteiger partial charge in [0.1, 0.15) is 0 Å². The van der Waals surface area contributed by atoms with E-state index in [-0.39, 0.29) is 23.5 Å². The SMILES string of the molecule is CCCN(C(=O)CSc1nc2ccccc2s1)[C@@H]1CCS(=O)(=O)C1. The van der Waals surface area contributed by atoms with Gasteiger partial charge < -0.3 is 4.90 Å². The van der Waals surface area contributed by atoms with Gasteiger partial charge in [-0.05, 0) is 25.0 Å². The number of fused-ring (bicyclic) bond motifs is 1. The van der Waals surface area contributed by atoms with Crippen LogP contribution in [0.4, 0.5) is 0 Å². The predicted molar refractivity (Wildman–Crippen MR) is 99.4 cm³/mol. The highest BCUT2D eigenvalue weighted by molar-refractivity contribution is 8.01. The van der Waals surface area contributed by atoms with Gasteiger partial charge in [-0.2, -0.15) is 0 Å². The Balaban J connectivity index is 1.65. The number of aromatic nitrogens is 1. The zero-order chi connectivity index (χ0) is 17.2. The molecular weight excluding hydrogens is 364 g/mol. The number of benzene rings is 1. The topological polar surface area (TPSA) is 67.3 Å². The van der Waals surface area contributed by atoms with E-state index in [2.05, 4.69) is 4.98 Å². The summed E-state index contributed by atoms with van der Waals surface area (Å²) in [5.41, 5.74) is 0.949. The summed E-state index contributed by atoms with van der Waals surface area (Å²) in [5, 5.41) is 0. The van der Waals surface area contributed by atoms with Crippen molar-refractivity contribution in [2.75, 3.05) is 23.8 Å². The van der Waals surface area contributed by atoms with Gasteiger partial charge in [-0.25, -0.2) is 13.4 Å². The molecule has 5 nitrogen and oxygen atoms in total. The van der Waals surface area contributed by atoms with Crippen LogP contribution in [-0.4, -0.2) is 54.1 Å². The lowest BCUT2D eigenvalue weighted by Gasteiger charge is -2.27. The lowest BCUT2D eigenvalue weighted by Crippen LogP contribution is -2.42. The molecule has 1 fully saturated rings. The number of nitrogens with zero attached hydrogens (tertiary/aromatic N) is 2. The monoisotopic (exact) mass is 384 g/mol. The lowest BCUT2D eigenvalue weighted by molar-refractivity contribution is -0.130. The first kappa shape index (κ1) is 17.7. The minimum atomic E-state index is -2.99. The van der Waals surface area contributed by atoms with Crippen LogP contribution in [0.1, 0.15) is 19.8 Å².